The van der Waals surface area contributed by atoms with E-state index < -0.39 is 5.82 Å². The van der Waals surface area contributed by atoms with Crippen molar-refractivity contribution in [3.63, 3.8) is 0 Å². The SMILES string of the molecule is Fc1ccccc1Cn1nc(-c2ncc(F)c(NC3CCOC3)n2)cc1-c1ccon1. The van der Waals surface area contributed by atoms with Crippen LogP contribution in [0.25, 0.3) is 22.9 Å². The number of nitrogens with one attached hydrogen (secondary N) is 1. The highest BCUT2D eigenvalue weighted by Crippen LogP contribution is 2.26. The smallest absolute Gasteiger partial charge is 0.183 e. The number of nitrogens with zero attached hydrogens (tertiary/aromatic N) is 5. The van der Waals surface area contributed by atoms with E-state index in [9.17, 15) is 8.78 Å². The third-order valence-corrected chi connectivity index (χ3v) is 5.00. The molecule has 4 heterocycles. The molecule has 1 aliphatic rings. The van der Waals surface area contributed by atoms with Crippen molar-refractivity contribution in [2.75, 3.05) is 18.5 Å². The van der Waals surface area contributed by atoms with Crippen molar-refractivity contribution in [1.82, 2.24) is 24.9 Å². The van der Waals surface area contributed by atoms with Crippen LogP contribution in [0, 0.1) is 11.6 Å². The number of anilines is 1. The average Bonchev–Trinajstić information content (AvgIpc) is 3.53. The first kappa shape index (κ1) is 19.3. The van der Waals surface area contributed by atoms with Crippen LogP contribution >= 0.6 is 0 Å². The van der Waals surface area contributed by atoms with Gasteiger partial charge in [-0.25, -0.2) is 18.7 Å². The Hall–Kier alpha value is -3.66. The summed E-state index contributed by atoms with van der Waals surface area (Å²) in [4.78, 5) is 8.41. The van der Waals surface area contributed by atoms with Crippen LogP contribution in [0.5, 0.6) is 0 Å². The van der Waals surface area contributed by atoms with Crippen molar-refractivity contribution >= 4 is 5.82 Å². The Kier molecular flexibility index (Phi) is 5.13. The largest absolute Gasteiger partial charge is 0.379 e. The van der Waals surface area contributed by atoms with Gasteiger partial charge in [0.15, 0.2) is 17.5 Å². The first-order valence-corrected chi connectivity index (χ1v) is 9.76. The Morgan fingerprint density at radius 2 is 2.03 bits per heavy atom. The molecule has 5 rings (SSSR count). The summed E-state index contributed by atoms with van der Waals surface area (Å²) >= 11 is 0. The van der Waals surface area contributed by atoms with Crippen LogP contribution in [-0.2, 0) is 11.3 Å². The van der Waals surface area contributed by atoms with E-state index in [0.29, 0.717) is 35.9 Å². The highest BCUT2D eigenvalue weighted by molar-refractivity contribution is 5.63. The van der Waals surface area contributed by atoms with Gasteiger partial charge in [0.05, 0.1) is 31.1 Å². The van der Waals surface area contributed by atoms with Gasteiger partial charge >= 0.3 is 0 Å². The van der Waals surface area contributed by atoms with Crippen molar-refractivity contribution in [1.29, 1.82) is 0 Å². The number of rotatable bonds is 6. The Balaban J connectivity index is 1.52. The summed E-state index contributed by atoms with van der Waals surface area (Å²) in [6.07, 6.45) is 3.31. The zero-order valence-electron chi connectivity index (χ0n) is 16.3. The first-order chi connectivity index (χ1) is 15.2. The number of aromatic nitrogens is 5. The van der Waals surface area contributed by atoms with Gasteiger partial charge in [0.25, 0.3) is 0 Å². The fourth-order valence-electron chi connectivity index (χ4n) is 3.42. The maximum Gasteiger partial charge on any atom is 0.183 e. The number of benzene rings is 1. The Labute approximate surface area is 175 Å². The molecular formula is C21H18F2N6O2. The summed E-state index contributed by atoms with van der Waals surface area (Å²) < 4.78 is 40.3. The molecule has 1 N–H and O–H groups in total. The van der Waals surface area contributed by atoms with Crippen LogP contribution in [0.4, 0.5) is 14.6 Å². The van der Waals surface area contributed by atoms with Gasteiger partial charge in [-0.3, -0.25) is 4.68 Å². The lowest BCUT2D eigenvalue weighted by atomic mass is 10.2. The normalized spacial score (nSPS) is 16.0. The van der Waals surface area contributed by atoms with Crippen LogP contribution in [0.3, 0.4) is 0 Å². The van der Waals surface area contributed by atoms with Crippen LogP contribution in [0.15, 0.2) is 53.4 Å². The fraction of sp³-hybridized carbons (Fsp3) is 0.238. The van der Waals surface area contributed by atoms with Crippen LogP contribution < -0.4 is 5.32 Å². The molecule has 1 atom stereocenters. The number of ether oxygens (including phenoxy) is 1. The van der Waals surface area contributed by atoms with E-state index in [1.54, 1.807) is 35.0 Å². The van der Waals surface area contributed by atoms with Gasteiger partial charge in [0.2, 0.25) is 0 Å². The van der Waals surface area contributed by atoms with Gasteiger partial charge in [-0.05, 0) is 18.6 Å². The predicted molar refractivity (Wildman–Crippen MR) is 107 cm³/mol. The van der Waals surface area contributed by atoms with E-state index in [0.717, 1.165) is 12.6 Å². The third-order valence-electron chi connectivity index (χ3n) is 5.00. The van der Waals surface area contributed by atoms with Crippen molar-refractivity contribution in [3.05, 3.63) is 66.1 Å². The van der Waals surface area contributed by atoms with Crippen molar-refractivity contribution in [2.24, 2.45) is 0 Å². The molecule has 10 heteroatoms. The second-order valence-electron chi connectivity index (χ2n) is 7.14. The molecule has 0 amide bonds. The lowest BCUT2D eigenvalue weighted by molar-refractivity contribution is 0.195. The van der Waals surface area contributed by atoms with Gasteiger partial charge in [-0.1, -0.05) is 23.4 Å². The van der Waals surface area contributed by atoms with E-state index in [1.807, 2.05) is 0 Å². The van der Waals surface area contributed by atoms with Gasteiger partial charge in [0.1, 0.15) is 23.5 Å². The number of halogens is 2. The van der Waals surface area contributed by atoms with Crippen molar-refractivity contribution in [2.45, 2.75) is 19.0 Å². The molecule has 1 saturated heterocycles. The lowest BCUT2D eigenvalue weighted by Gasteiger charge is -2.12. The summed E-state index contributed by atoms with van der Waals surface area (Å²) in [6, 6.07) is 9.84. The summed E-state index contributed by atoms with van der Waals surface area (Å²) in [6.45, 7) is 1.28. The van der Waals surface area contributed by atoms with Gasteiger partial charge in [-0.15, -0.1) is 0 Å². The summed E-state index contributed by atoms with van der Waals surface area (Å²) in [5, 5.41) is 11.6. The molecule has 1 aromatic carbocycles. The third kappa shape index (κ3) is 4.02. The summed E-state index contributed by atoms with van der Waals surface area (Å²) in [5.74, 6) is -0.570. The van der Waals surface area contributed by atoms with E-state index in [-0.39, 0.29) is 30.0 Å². The van der Waals surface area contributed by atoms with Crippen molar-refractivity contribution in [3.8, 4) is 22.9 Å². The first-order valence-electron chi connectivity index (χ1n) is 9.76. The quantitative estimate of drug-likeness (QED) is 0.506. The minimum atomic E-state index is -0.557. The van der Waals surface area contributed by atoms with Crippen LogP contribution in [0.2, 0.25) is 0 Å². The zero-order valence-corrected chi connectivity index (χ0v) is 16.3. The van der Waals surface area contributed by atoms with Gasteiger partial charge in [-0.2, -0.15) is 5.10 Å². The minimum Gasteiger partial charge on any atom is -0.379 e. The highest BCUT2D eigenvalue weighted by Gasteiger charge is 2.21. The van der Waals surface area contributed by atoms with E-state index >= 15 is 0 Å². The molecule has 1 unspecified atom stereocenters. The highest BCUT2D eigenvalue weighted by atomic mass is 19.1. The molecule has 3 aromatic heterocycles. The molecule has 1 aliphatic heterocycles. The topological polar surface area (TPSA) is 90.9 Å². The molecule has 0 radical (unpaired) electrons. The maximum atomic E-state index is 14.3. The molecule has 0 bridgehead atoms. The molecule has 0 aliphatic carbocycles. The van der Waals surface area contributed by atoms with Crippen molar-refractivity contribution < 1.29 is 18.0 Å². The van der Waals surface area contributed by atoms with E-state index in [4.69, 9.17) is 9.26 Å². The molecule has 0 saturated carbocycles. The lowest BCUT2D eigenvalue weighted by Crippen LogP contribution is -2.21. The summed E-state index contributed by atoms with van der Waals surface area (Å²) in [7, 11) is 0. The molecule has 0 spiro atoms. The Bertz CT molecular complexity index is 1190. The second kappa shape index (κ2) is 8.23. The average molecular weight is 424 g/mol. The van der Waals surface area contributed by atoms with Crippen LogP contribution in [-0.4, -0.2) is 44.2 Å². The number of hydrogen-bond donors (Lipinski definition) is 1. The zero-order chi connectivity index (χ0) is 21.2. The fourth-order valence-corrected chi connectivity index (χ4v) is 3.42. The molecule has 31 heavy (non-hydrogen) atoms. The Morgan fingerprint density at radius 3 is 2.81 bits per heavy atom. The molecule has 158 valence electrons. The maximum absolute atomic E-state index is 14.3. The Morgan fingerprint density at radius 1 is 1.13 bits per heavy atom. The molecular weight excluding hydrogens is 406 g/mol. The monoisotopic (exact) mass is 424 g/mol. The predicted octanol–water partition coefficient (Wildman–Crippen LogP) is 3.52. The van der Waals surface area contributed by atoms with Gasteiger partial charge in [0, 0.05) is 18.2 Å². The molecule has 4 aromatic rings. The number of hydrogen-bond acceptors (Lipinski definition) is 7. The van der Waals surface area contributed by atoms with Gasteiger partial charge < -0.3 is 14.6 Å². The molecule has 8 nitrogen and oxygen atoms in total. The van der Waals surface area contributed by atoms with E-state index in [2.05, 4.69) is 25.5 Å². The standard InChI is InChI=1S/C21H18F2N6O2/c22-15-4-2-1-3-13(15)11-29-19(17-6-8-31-28-17)9-18(27-29)21-24-10-16(23)20(26-21)25-14-5-7-30-12-14/h1-4,6,8-10,14H,5,7,11-12H2,(H,24,25,26). The summed E-state index contributed by atoms with van der Waals surface area (Å²) in [5.41, 5.74) is 1.99. The van der Waals surface area contributed by atoms with Crippen LogP contribution in [0.1, 0.15) is 12.0 Å². The minimum absolute atomic E-state index is 0.0124. The second-order valence-corrected chi connectivity index (χ2v) is 7.14. The molecule has 1 fully saturated rings. The van der Waals surface area contributed by atoms with E-state index in [1.165, 1.54) is 12.3 Å².